The predicted octanol–water partition coefficient (Wildman–Crippen LogP) is 1.96. The van der Waals surface area contributed by atoms with Crippen molar-refractivity contribution < 1.29 is 8.42 Å². The van der Waals surface area contributed by atoms with E-state index in [1.165, 1.54) is 0 Å². The van der Waals surface area contributed by atoms with Gasteiger partial charge in [-0.25, -0.2) is 13.1 Å². The third-order valence-corrected chi connectivity index (χ3v) is 4.42. The normalized spacial score (nSPS) is 11.1. The first kappa shape index (κ1) is 17.7. The Labute approximate surface area is 120 Å². The Kier molecular flexibility index (Phi) is 7.82. The fraction of sp³-hybridized carbons (Fsp3) is 0.455. The second kappa shape index (κ2) is 7.96. The molecular weight excluding hydrogens is 295 g/mol. The van der Waals surface area contributed by atoms with Gasteiger partial charge in [-0.05, 0) is 44.6 Å². The van der Waals surface area contributed by atoms with Crippen molar-refractivity contribution in [3.05, 3.63) is 28.8 Å². The van der Waals surface area contributed by atoms with E-state index in [1.807, 2.05) is 7.05 Å². The topological polar surface area (TPSA) is 58.2 Å². The number of hydrogen-bond donors (Lipinski definition) is 2. The highest BCUT2D eigenvalue weighted by molar-refractivity contribution is 7.89. The molecule has 0 spiro atoms. The maximum atomic E-state index is 12.0. The van der Waals surface area contributed by atoms with Gasteiger partial charge in [0.2, 0.25) is 10.0 Å². The summed E-state index contributed by atoms with van der Waals surface area (Å²) in [7, 11) is -1.63. The van der Waals surface area contributed by atoms with Gasteiger partial charge in [-0.15, -0.1) is 12.4 Å². The van der Waals surface area contributed by atoms with Gasteiger partial charge in [-0.3, -0.25) is 0 Å². The van der Waals surface area contributed by atoms with Crippen LogP contribution in [-0.2, 0) is 10.0 Å². The number of rotatable bonds is 6. The van der Waals surface area contributed by atoms with Crippen molar-refractivity contribution in [3.8, 4) is 0 Å². The molecule has 0 aromatic heterocycles. The molecule has 0 bridgehead atoms. The van der Waals surface area contributed by atoms with Crippen LogP contribution in [-0.4, -0.2) is 28.6 Å². The van der Waals surface area contributed by atoms with Gasteiger partial charge in [0.1, 0.15) is 0 Å². The molecule has 0 saturated carbocycles. The molecule has 18 heavy (non-hydrogen) atoms. The second-order valence-corrected chi connectivity index (χ2v) is 5.86. The summed E-state index contributed by atoms with van der Waals surface area (Å²) in [4.78, 5) is 0.245. The lowest BCUT2D eigenvalue weighted by molar-refractivity contribution is 0.576. The van der Waals surface area contributed by atoms with Gasteiger partial charge in [0.15, 0.2) is 0 Å². The van der Waals surface area contributed by atoms with Crippen molar-refractivity contribution >= 4 is 34.0 Å². The van der Waals surface area contributed by atoms with Crippen LogP contribution in [0.1, 0.15) is 12.0 Å². The Morgan fingerprint density at radius 2 is 1.94 bits per heavy atom. The van der Waals surface area contributed by atoms with E-state index in [9.17, 15) is 8.42 Å². The molecule has 0 heterocycles. The van der Waals surface area contributed by atoms with Crippen LogP contribution in [0.3, 0.4) is 0 Å². The third kappa shape index (κ3) is 4.74. The summed E-state index contributed by atoms with van der Waals surface area (Å²) in [5.74, 6) is 0. The summed E-state index contributed by atoms with van der Waals surface area (Å²) in [5, 5.41) is 3.42. The molecule has 0 fully saturated rings. The number of hydrogen-bond acceptors (Lipinski definition) is 3. The van der Waals surface area contributed by atoms with E-state index in [-0.39, 0.29) is 17.3 Å². The Balaban J connectivity index is 0.00000289. The van der Waals surface area contributed by atoms with Crippen LogP contribution in [0.2, 0.25) is 5.02 Å². The first-order valence-corrected chi connectivity index (χ1v) is 7.24. The van der Waals surface area contributed by atoms with Crippen LogP contribution in [0, 0.1) is 6.92 Å². The molecule has 1 aromatic rings. The van der Waals surface area contributed by atoms with Crippen molar-refractivity contribution in [2.24, 2.45) is 0 Å². The Hall–Kier alpha value is -0.330. The lowest BCUT2D eigenvalue weighted by Gasteiger charge is -2.10. The number of benzene rings is 1. The van der Waals surface area contributed by atoms with Gasteiger partial charge in [0.25, 0.3) is 0 Å². The molecule has 0 radical (unpaired) electrons. The van der Waals surface area contributed by atoms with Crippen molar-refractivity contribution in [1.29, 1.82) is 0 Å². The Bertz CT molecular complexity index is 478. The highest BCUT2D eigenvalue weighted by atomic mass is 35.5. The van der Waals surface area contributed by atoms with Gasteiger partial charge in [0, 0.05) is 11.6 Å². The van der Waals surface area contributed by atoms with Crippen LogP contribution in [0.25, 0.3) is 0 Å². The molecule has 7 heteroatoms. The van der Waals surface area contributed by atoms with E-state index in [0.717, 1.165) is 13.0 Å². The van der Waals surface area contributed by atoms with Gasteiger partial charge in [0.05, 0.1) is 4.90 Å². The third-order valence-electron chi connectivity index (χ3n) is 2.40. The fourth-order valence-corrected chi connectivity index (χ4v) is 3.00. The first-order chi connectivity index (χ1) is 7.99. The molecule has 0 aliphatic carbocycles. The lowest BCUT2D eigenvalue weighted by atomic mass is 10.2. The van der Waals surface area contributed by atoms with Crippen molar-refractivity contribution in [2.75, 3.05) is 20.1 Å². The first-order valence-electron chi connectivity index (χ1n) is 5.38. The molecule has 104 valence electrons. The highest BCUT2D eigenvalue weighted by Gasteiger charge is 2.16. The zero-order valence-electron chi connectivity index (χ0n) is 10.4. The SMILES string of the molecule is CNCCCNS(=O)(=O)c1cccc(Cl)c1C.Cl. The molecule has 1 aromatic carbocycles. The van der Waals surface area contributed by atoms with Crippen LogP contribution in [0.4, 0.5) is 0 Å². The van der Waals surface area contributed by atoms with Crippen molar-refractivity contribution in [3.63, 3.8) is 0 Å². The van der Waals surface area contributed by atoms with E-state index in [1.54, 1.807) is 25.1 Å². The average Bonchev–Trinajstić information content (AvgIpc) is 2.28. The van der Waals surface area contributed by atoms with Crippen molar-refractivity contribution in [1.82, 2.24) is 10.0 Å². The summed E-state index contributed by atoms with van der Waals surface area (Å²) in [5.41, 5.74) is 0.579. The molecule has 1 rings (SSSR count). The quantitative estimate of drug-likeness (QED) is 0.789. The molecule has 0 saturated heterocycles. The molecule has 0 unspecified atom stereocenters. The van der Waals surface area contributed by atoms with Gasteiger partial charge in [-0.1, -0.05) is 17.7 Å². The standard InChI is InChI=1S/C11H17ClN2O2S.ClH/c1-9-10(12)5-3-6-11(9)17(15,16)14-8-4-7-13-2;/h3,5-6,13-14H,4,7-8H2,1-2H3;1H. The number of nitrogens with one attached hydrogen (secondary N) is 2. The zero-order valence-corrected chi connectivity index (χ0v) is 12.8. The molecular formula is C11H18Cl2N2O2S. The van der Waals surface area contributed by atoms with Gasteiger partial charge >= 0.3 is 0 Å². The number of halogens is 2. The van der Waals surface area contributed by atoms with Crippen LogP contribution in [0.5, 0.6) is 0 Å². The lowest BCUT2D eigenvalue weighted by Crippen LogP contribution is -2.27. The predicted molar refractivity (Wildman–Crippen MR) is 77.2 cm³/mol. The van der Waals surface area contributed by atoms with Gasteiger partial charge in [-0.2, -0.15) is 0 Å². The molecule has 0 aliphatic rings. The molecule has 0 amide bonds. The van der Waals surface area contributed by atoms with Crippen LogP contribution in [0.15, 0.2) is 23.1 Å². The molecule has 4 nitrogen and oxygen atoms in total. The Morgan fingerprint density at radius 3 is 2.56 bits per heavy atom. The van der Waals surface area contributed by atoms with Gasteiger partial charge < -0.3 is 5.32 Å². The monoisotopic (exact) mass is 312 g/mol. The second-order valence-electron chi connectivity index (χ2n) is 3.72. The summed E-state index contributed by atoms with van der Waals surface area (Å²) in [6.07, 6.45) is 0.745. The fourth-order valence-electron chi connectivity index (χ4n) is 1.43. The van der Waals surface area contributed by atoms with E-state index in [2.05, 4.69) is 10.0 Å². The van der Waals surface area contributed by atoms with Crippen molar-refractivity contribution in [2.45, 2.75) is 18.2 Å². The van der Waals surface area contributed by atoms with E-state index < -0.39 is 10.0 Å². The number of sulfonamides is 1. The van der Waals surface area contributed by atoms with E-state index in [4.69, 9.17) is 11.6 Å². The minimum atomic E-state index is -3.46. The highest BCUT2D eigenvalue weighted by Crippen LogP contribution is 2.22. The summed E-state index contributed by atoms with van der Waals surface area (Å²) >= 11 is 5.90. The van der Waals surface area contributed by atoms with Crippen LogP contribution >= 0.6 is 24.0 Å². The van der Waals surface area contributed by atoms with Crippen LogP contribution < -0.4 is 10.0 Å². The van der Waals surface area contributed by atoms with E-state index >= 15 is 0 Å². The Morgan fingerprint density at radius 1 is 1.28 bits per heavy atom. The maximum Gasteiger partial charge on any atom is 0.240 e. The average molecular weight is 313 g/mol. The molecule has 2 N–H and O–H groups in total. The summed E-state index contributed by atoms with van der Waals surface area (Å²) in [6, 6.07) is 4.87. The maximum absolute atomic E-state index is 12.0. The zero-order chi connectivity index (χ0) is 12.9. The van der Waals surface area contributed by atoms with E-state index in [0.29, 0.717) is 17.1 Å². The minimum absolute atomic E-state index is 0. The largest absolute Gasteiger partial charge is 0.320 e. The minimum Gasteiger partial charge on any atom is -0.320 e. The summed E-state index contributed by atoms with van der Waals surface area (Å²) in [6.45, 7) is 2.89. The smallest absolute Gasteiger partial charge is 0.240 e. The summed E-state index contributed by atoms with van der Waals surface area (Å²) < 4.78 is 26.5. The molecule has 0 atom stereocenters. The molecule has 0 aliphatic heterocycles.